The first-order valence-electron chi connectivity index (χ1n) is 6.91. The van der Waals surface area contributed by atoms with Crippen LogP contribution in [-0.2, 0) is 4.79 Å². The lowest BCUT2D eigenvalue weighted by molar-refractivity contribution is -0.133. The smallest absolute Gasteiger partial charge is 0.222 e. The summed E-state index contributed by atoms with van der Waals surface area (Å²) in [6.45, 7) is 6.51. The molecule has 0 saturated carbocycles. The zero-order valence-corrected chi connectivity index (χ0v) is 11.7. The Morgan fingerprint density at radius 1 is 1.24 bits per heavy atom. The number of carbonyl (C=O) groups excluding carboxylic acids is 1. The number of rotatable bonds is 3. The number of nitrogens with zero attached hydrogens (tertiary/aromatic N) is 2. The molecule has 0 aromatic heterocycles. The molecule has 4 heteroatoms. The van der Waals surface area contributed by atoms with Crippen LogP contribution in [0.1, 0.15) is 32.6 Å². The fourth-order valence-electron chi connectivity index (χ4n) is 2.77. The fourth-order valence-corrected chi connectivity index (χ4v) is 3.83. The second kappa shape index (κ2) is 6.64. The van der Waals surface area contributed by atoms with E-state index in [1.807, 2.05) is 18.7 Å². The molecule has 0 aromatic rings. The molecule has 1 amide bonds. The highest BCUT2D eigenvalue weighted by Gasteiger charge is 2.27. The monoisotopic (exact) mass is 256 g/mol. The molecule has 98 valence electrons. The van der Waals surface area contributed by atoms with Gasteiger partial charge in [0.1, 0.15) is 0 Å². The van der Waals surface area contributed by atoms with Crippen molar-refractivity contribution in [2.45, 2.75) is 38.6 Å². The highest BCUT2D eigenvalue weighted by atomic mass is 32.2. The summed E-state index contributed by atoms with van der Waals surface area (Å²) in [5.74, 6) is 2.68. The third-order valence-electron chi connectivity index (χ3n) is 3.73. The predicted octanol–water partition coefficient (Wildman–Crippen LogP) is 1.83. The van der Waals surface area contributed by atoms with Gasteiger partial charge < -0.3 is 9.80 Å². The number of carbonyl (C=O) groups is 1. The van der Waals surface area contributed by atoms with Crippen LogP contribution in [0.4, 0.5) is 0 Å². The maximum atomic E-state index is 12.0. The molecule has 3 nitrogen and oxygen atoms in total. The largest absolute Gasteiger partial charge is 0.338 e. The lowest BCUT2D eigenvalue weighted by atomic mass is 10.2. The topological polar surface area (TPSA) is 23.6 Å². The Balaban J connectivity index is 1.95. The number of likely N-dealkylation sites (tertiary alicyclic amines) is 1. The third kappa shape index (κ3) is 3.62. The Labute approximate surface area is 109 Å². The molecule has 0 N–H and O–H groups in total. The first-order chi connectivity index (χ1) is 8.31. The molecule has 0 aromatic carbocycles. The summed E-state index contributed by atoms with van der Waals surface area (Å²) in [5.41, 5.74) is 0. The van der Waals surface area contributed by atoms with E-state index in [-0.39, 0.29) is 0 Å². The van der Waals surface area contributed by atoms with Gasteiger partial charge >= 0.3 is 0 Å². The van der Waals surface area contributed by atoms with Gasteiger partial charge in [-0.05, 0) is 38.1 Å². The zero-order chi connectivity index (χ0) is 12.1. The molecule has 0 bridgehead atoms. The molecule has 0 radical (unpaired) electrons. The van der Waals surface area contributed by atoms with E-state index in [1.165, 1.54) is 31.7 Å². The second-order valence-corrected chi connectivity index (χ2v) is 6.18. The van der Waals surface area contributed by atoms with Gasteiger partial charge in [-0.3, -0.25) is 4.79 Å². The molecule has 2 aliphatic heterocycles. The van der Waals surface area contributed by atoms with Crippen LogP contribution >= 0.6 is 11.8 Å². The van der Waals surface area contributed by atoms with Gasteiger partial charge in [0, 0.05) is 25.3 Å². The minimum absolute atomic E-state index is 0.344. The van der Waals surface area contributed by atoms with Gasteiger partial charge in [-0.15, -0.1) is 0 Å². The number of thioether (sulfide) groups is 1. The summed E-state index contributed by atoms with van der Waals surface area (Å²) in [5, 5.41) is 0. The Morgan fingerprint density at radius 3 is 2.71 bits per heavy atom. The third-order valence-corrected chi connectivity index (χ3v) is 4.93. The SMILES string of the molecule is CCC(=O)N1CCCSCC1CN1CCCC1. The second-order valence-electron chi connectivity index (χ2n) is 5.03. The maximum absolute atomic E-state index is 12.0. The summed E-state index contributed by atoms with van der Waals surface area (Å²) in [6.07, 6.45) is 4.48. The van der Waals surface area contributed by atoms with Crippen molar-refractivity contribution in [3.05, 3.63) is 0 Å². The number of amides is 1. The minimum Gasteiger partial charge on any atom is -0.338 e. The molecule has 2 aliphatic rings. The van der Waals surface area contributed by atoms with E-state index in [4.69, 9.17) is 0 Å². The molecular formula is C13H24N2OS. The average Bonchev–Trinajstić information content (AvgIpc) is 2.74. The number of hydrogen-bond donors (Lipinski definition) is 0. The Hall–Kier alpha value is -0.220. The quantitative estimate of drug-likeness (QED) is 0.769. The summed E-state index contributed by atoms with van der Waals surface area (Å²) < 4.78 is 0. The van der Waals surface area contributed by atoms with Crippen LogP contribution in [0.15, 0.2) is 0 Å². The summed E-state index contributed by atoms with van der Waals surface area (Å²) in [7, 11) is 0. The van der Waals surface area contributed by atoms with E-state index in [2.05, 4.69) is 9.80 Å². The van der Waals surface area contributed by atoms with E-state index in [1.54, 1.807) is 0 Å². The van der Waals surface area contributed by atoms with Crippen molar-refractivity contribution in [3.63, 3.8) is 0 Å². The number of hydrogen-bond acceptors (Lipinski definition) is 3. The molecule has 2 heterocycles. The van der Waals surface area contributed by atoms with Crippen molar-refractivity contribution < 1.29 is 4.79 Å². The molecular weight excluding hydrogens is 232 g/mol. The lowest BCUT2D eigenvalue weighted by Crippen LogP contribution is -2.47. The van der Waals surface area contributed by atoms with E-state index in [0.717, 1.165) is 25.3 Å². The van der Waals surface area contributed by atoms with E-state index >= 15 is 0 Å². The Morgan fingerprint density at radius 2 is 2.00 bits per heavy atom. The molecule has 17 heavy (non-hydrogen) atoms. The van der Waals surface area contributed by atoms with Gasteiger partial charge in [-0.1, -0.05) is 6.92 Å². The Bertz CT molecular complexity index is 254. The van der Waals surface area contributed by atoms with Crippen LogP contribution in [0.3, 0.4) is 0 Å². The first kappa shape index (κ1) is 13.2. The van der Waals surface area contributed by atoms with Gasteiger partial charge in [0.2, 0.25) is 5.91 Å². The Kier molecular flexibility index (Phi) is 5.16. The van der Waals surface area contributed by atoms with Gasteiger partial charge in [0.05, 0.1) is 6.04 Å². The van der Waals surface area contributed by atoms with Crippen molar-refractivity contribution in [2.75, 3.05) is 37.7 Å². The van der Waals surface area contributed by atoms with Gasteiger partial charge in [-0.2, -0.15) is 11.8 Å². The van der Waals surface area contributed by atoms with Gasteiger partial charge in [0.25, 0.3) is 0 Å². The molecule has 2 fully saturated rings. The normalized spacial score (nSPS) is 27.1. The summed E-state index contributed by atoms with van der Waals surface area (Å²) in [6, 6.07) is 0.452. The van der Waals surface area contributed by atoms with E-state index < -0.39 is 0 Å². The molecule has 1 unspecified atom stereocenters. The highest BCUT2D eigenvalue weighted by Crippen LogP contribution is 2.19. The van der Waals surface area contributed by atoms with Crippen LogP contribution in [-0.4, -0.2) is 59.4 Å². The zero-order valence-electron chi connectivity index (χ0n) is 10.9. The summed E-state index contributed by atoms with van der Waals surface area (Å²) >= 11 is 2.02. The molecule has 2 rings (SSSR count). The van der Waals surface area contributed by atoms with E-state index in [9.17, 15) is 4.79 Å². The van der Waals surface area contributed by atoms with Gasteiger partial charge in [-0.25, -0.2) is 0 Å². The maximum Gasteiger partial charge on any atom is 0.222 e. The molecule has 2 saturated heterocycles. The van der Waals surface area contributed by atoms with Crippen molar-refractivity contribution in [1.29, 1.82) is 0 Å². The summed E-state index contributed by atoms with van der Waals surface area (Å²) in [4.78, 5) is 16.7. The van der Waals surface area contributed by atoms with Crippen LogP contribution in [0.5, 0.6) is 0 Å². The first-order valence-corrected chi connectivity index (χ1v) is 8.06. The van der Waals surface area contributed by atoms with Crippen LogP contribution in [0.2, 0.25) is 0 Å². The molecule has 0 aliphatic carbocycles. The standard InChI is InChI=1S/C13H24N2OS/c1-2-13(16)15-8-5-9-17-11-12(15)10-14-6-3-4-7-14/h12H,2-11H2,1H3. The average molecular weight is 256 g/mol. The predicted molar refractivity (Wildman–Crippen MR) is 73.4 cm³/mol. The van der Waals surface area contributed by atoms with E-state index in [0.29, 0.717) is 18.4 Å². The van der Waals surface area contributed by atoms with Crippen molar-refractivity contribution in [1.82, 2.24) is 9.80 Å². The highest BCUT2D eigenvalue weighted by molar-refractivity contribution is 7.99. The van der Waals surface area contributed by atoms with Crippen molar-refractivity contribution in [3.8, 4) is 0 Å². The molecule has 0 spiro atoms. The van der Waals surface area contributed by atoms with Crippen molar-refractivity contribution >= 4 is 17.7 Å². The lowest BCUT2D eigenvalue weighted by Gasteiger charge is -2.32. The van der Waals surface area contributed by atoms with Gasteiger partial charge in [0.15, 0.2) is 0 Å². The fraction of sp³-hybridized carbons (Fsp3) is 0.923. The minimum atomic E-state index is 0.344. The van der Waals surface area contributed by atoms with Crippen molar-refractivity contribution in [2.24, 2.45) is 0 Å². The van der Waals surface area contributed by atoms with Crippen LogP contribution < -0.4 is 0 Å². The molecule has 1 atom stereocenters. The van der Waals surface area contributed by atoms with Crippen LogP contribution in [0.25, 0.3) is 0 Å². The van der Waals surface area contributed by atoms with Crippen LogP contribution in [0, 0.1) is 0 Å².